The van der Waals surface area contributed by atoms with E-state index in [0.717, 1.165) is 12.2 Å². The van der Waals surface area contributed by atoms with Gasteiger partial charge in [0.05, 0.1) is 5.75 Å². The van der Waals surface area contributed by atoms with E-state index in [1.54, 1.807) is 23.1 Å². The Hall–Kier alpha value is -0.480. The van der Waals surface area contributed by atoms with Crippen molar-refractivity contribution in [1.29, 1.82) is 0 Å². The van der Waals surface area contributed by atoms with Crippen molar-refractivity contribution in [3.05, 3.63) is 22.4 Å². The number of hydrogen-bond donors (Lipinski definition) is 1. The minimum Gasteiger partial charge on any atom is -0.353 e. The molecule has 0 fully saturated rings. The Kier molecular flexibility index (Phi) is 5.79. The molecule has 1 N–H and O–H groups in total. The van der Waals surface area contributed by atoms with Gasteiger partial charge in [-0.15, -0.1) is 23.1 Å². The van der Waals surface area contributed by atoms with Crippen LogP contribution in [0.15, 0.2) is 17.5 Å². The van der Waals surface area contributed by atoms with E-state index in [9.17, 15) is 4.79 Å². The summed E-state index contributed by atoms with van der Waals surface area (Å²) in [6.07, 6.45) is 0.987. The summed E-state index contributed by atoms with van der Waals surface area (Å²) >= 11 is 3.41. The van der Waals surface area contributed by atoms with Gasteiger partial charge in [-0.2, -0.15) is 0 Å². The summed E-state index contributed by atoms with van der Waals surface area (Å²) in [6, 6.07) is 4.43. The Balaban J connectivity index is 2.12. The molecule has 1 aromatic heterocycles. The number of thioether (sulfide) groups is 1. The fourth-order valence-electron chi connectivity index (χ4n) is 1.06. The third-order valence-corrected chi connectivity index (χ3v) is 4.12. The summed E-state index contributed by atoms with van der Waals surface area (Å²) in [5, 5.41) is 5.02. The highest BCUT2D eigenvalue weighted by atomic mass is 32.2. The van der Waals surface area contributed by atoms with Crippen LogP contribution in [-0.4, -0.2) is 17.7 Å². The predicted octanol–water partition coefficient (Wildman–Crippen LogP) is 2.90. The summed E-state index contributed by atoms with van der Waals surface area (Å²) in [6.45, 7) is 4.10. The van der Waals surface area contributed by atoms with Gasteiger partial charge in [-0.1, -0.05) is 13.0 Å². The largest absolute Gasteiger partial charge is 0.353 e. The van der Waals surface area contributed by atoms with Gasteiger partial charge in [-0.05, 0) is 24.8 Å². The Bertz CT molecular complexity index is 285. The molecule has 1 aromatic rings. The van der Waals surface area contributed by atoms with Crippen LogP contribution in [0.1, 0.15) is 25.1 Å². The van der Waals surface area contributed by atoms with Crippen LogP contribution >= 0.6 is 23.1 Å². The average molecular weight is 243 g/mol. The number of amides is 1. The van der Waals surface area contributed by atoms with Crippen molar-refractivity contribution < 1.29 is 4.79 Å². The van der Waals surface area contributed by atoms with Gasteiger partial charge in [-0.3, -0.25) is 4.79 Å². The Morgan fingerprint density at radius 3 is 3.07 bits per heavy atom. The van der Waals surface area contributed by atoms with E-state index in [2.05, 4.69) is 23.7 Å². The van der Waals surface area contributed by atoms with E-state index in [-0.39, 0.29) is 5.91 Å². The molecule has 1 heterocycles. The third-order valence-electron chi connectivity index (χ3n) is 2.08. The average Bonchev–Trinajstić information content (AvgIpc) is 2.70. The van der Waals surface area contributed by atoms with Crippen LogP contribution in [0, 0.1) is 0 Å². The Labute approximate surface area is 99.5 Å². The second-order valence-electron chi connectivity index (χ2n) is 3.45. The molecule has 84 valence electrons. The lowest BCUT2D eigenvalue weighted by atomic mass is 10.3. The zero-order valence-corrected chi connectivity index (χ0v) is 10.8. The maximum Gasteiger partial charge on any atom is 0.230 e. The highest BCUT2D eigenvalue weighted by Gasteiger charge is 2.05. The summed E-state index contributed by atoms with van der Waals surface area (Å²) in [5.41, 5.74) is 0. The maximum absolute atomic E-state index is 11.4. The molecule has 2 nitrogen and oxygen atoms in total. The minimum absolute atomic E-state index is 0.144. The summed E-state index contributed by atoms with van der Waals surface area (Å²) in [5.74, 6) is 1.64. The van der Waals surface area contributed by atoms with E-state index in [4.69, 9.17) is 0 Å². The first-order chi connectivity index (χ1) is 7.22. The molecule has 1 amide bonds. The molecule has 0 saturated heterocycles. The molecule has 0 aliphatic heterocycles. The van der Waals surface area contributed by atoms with Crippen LogP contribution in [-0.2, 0) is 10.5 Å². The quantitative estimate of drug-likeness (QED) is 0.832. The van der Waals surface area contributed by atoms with Crippen LogP contribution in [0.3, 0.4) is 0 Å². The SMILES string of the molecule is CCC(C)NC(=O)CSCc1cccs1. The van der Waals surface area contributed by atoms with Crippen LogP contribution in [0.4, 0.5) is 0 Å². The molecule has 1 atom stereocenters. The van der Waals surface area contributed by atoms with E-state index in [1.807, 2.05) is 13.0 Å². The molecule has 0 radical (unpaired) electrons. The lowest BCUT2D eigenvalue weighted by molar-refractivity contribution is -0.119. The first kappa shape index (κ1) is 12.6. The van der Waals surface area contributed by atoms with Crippen LogP contribution in [0.25, 0.3) is 0 Å². The van der Waals surface area contributed by atoms with Gasteiger partial charge in [0.15, 0.2) is 0 Å². The van der Waals surface area contributed by atoms with Gasteiger partial charge < -0.3 is 5.32 Å². The second kappa shape index (κ2) is 6.90. The van der Waals surface area contributed by atoms with Gasteiger partial charge >= 0.3 is 0 Å². The summed E-state index contributed by atoms with van der Waals surface area (Å²) in [4.78, 5) is 12.7. The zero-order chi connectivity index (χ0) is 11.1. The normalized spacial score (nSPS) is 12.4. The summed E-state index contributed by atoms with van der Waals surface area (Å²) in [7, 11) is 0. The van der Waals surface area contributed by atoms with Crippen molar-refractivity contribution in [2.24, 2.45) is 0 Å². The molecule has 0 spiro atoms. The maximum atomic E-state index is 11.4. The molecule has 0 aliphatic carbocycles. The molecule has 1 unspecified atom stereocenters. The van der Waals surface area contributed by atoms with Crippen molar-refractivity contribution in [2.45, 2.75) is 32.1 Å². The van der Waals surface area contributed by atoms with Gasteiger partial charge in [-0.25, -0.2) is 0 Å². The first-order valence-electron chi connectivity index (χ1n) is 5.12. The standard InChI is InChI=1S/C11H17NOS2/c1-3-9(2)12-11(13)8-14-7-10-5-4-6-15-10/h4-6,9H,3,7-8H2,1-2H3,(H,12,13). The third kappa shape index (κ3) is 5.23. The van der Waals surface area contributed by atoms with Crippen LogP contribution < -0.4 is 5.32 Å². The van der Waals surface area contributed by atoms with Crippen molar-refractivity contribution in [2.75, 3.05) is 5.75 Å². The monoisotopic (exact) mass is 243 g/mol. The second-order valence-corrected chi connectivity index (χ2v) is 5.47. The molecule has 15 heavy (non-hydrogen) atoms. The number of carbonyl (C=O) groups excluding carboxylic acids is 1. The summed E-state index contributed by atoms with van der Waals surface area (Å²) < 4.78 is 0. The van der Waals surface area contributed by atoms with Crippen molar-refractivity contribution >= 4 is 29.0 Å². The highest BCUT2D eigenvalue weighted by Crippen LogP contribution is 2.16. The number of hydrogen-bond acceptors (Lipinski definition) is 3. The lowest BCUT2D eigenvalue weighted by Crippen LogP contribution is -2.33. The number of carbonyl (C=O) groups is 1. The predicted molar refractivity (Wildman–Crippen MR) is 68.4 cm³/mol. The van der Waals surface area contributed by atoms with Crippen molar-refractivity contribution in [1.82, 2.24) is 5.32 Å². The zero-order valence-electron chi connectivity index (χ0n) is 9.16. The molecule has 0 aliphatic rings. The van der Waals surface area contributed by atoms with Crippen LogP contribution in [0.2, 0.25) is 0 Å². The molecule has 0 saturated carbocycles. The molecule has 4 heteroatoms. The fourth-order valence-corrected chi connectivity index (χ4v) is 2.74. The fraction of sp³-hybridized carbons (Fsp3) is 0.545. The molecular weight excluding hydrogens is 226 g/mol. The number of thiophene rings is 1. The van der Waals surface area contributed by atoms with Crippen molar-refractivity contribution in [3.8, 4) is 0 Å². The number of rotatable bonds is 6. The van der Waals surface area contributed by atoms with E-state index >= 15 is 0 Å². The lowest BCUT2D eigenvalue weighted by Gasteiger charge is -2.10. The Morgan fingerprint density at radius 2 is 2.47 bits per heavy atom. The smallest absolute Gasteiger partial charge is 0.230 e. The number of nitrogens with one attached hydrogen (secondary N) is 1. The molecular formula is C11H17NOS2. The van der Waals surface area contributed by atoms with Crippen LogP contribution in [0.5, 0.6) is 0 Å². The Morgan fingerprint density at radius 1 is 1.67 bits per heavy atom. The van der Waals surface area contributed by atoms with E-state index in [0.29, 0.717) is 11.8 Å². The van der Waals surface area contributed by atoms with Crippen molar-refractivity contribution in [3.63, 3.8) is 0 Å². The molecule has 0 aromatic carbocycles. The van der Waals surface area contributed by atoms with Gasteiger partial charge in [0.1, 0.15) is 0 Å². The van der Waals surface area contributed by atoms with E-state index in [1.165, 1.54) is 4.88 Å². The van der Waals surface area contributed by atoms with Gasteiger partial charge in [0.25, 0.3) is 0 Å². The van der Waals surface area contributed by atoms with Gasteiger partial charge in [0.2, 0.25) is 5.91 Å². The van der Waals surface area contributed by atoms with E-state index < -0.39 is 0 Å². The highest BCUT2D eigenvalue weighted by molar-refractivity contribution is 7.99. The molecule has 1 rings (SSSR count). The first-order valence-corrected chi connectivity index (χ1v) is 7.15. The topological polar surface area (TPSA) is 29.1 Å². The van der Waals surface area contributed by atoms with Gasteiger partial charge in [0, 0.05) is 16.7 Å². The molecule has 0 bridgehead atoms. The minimum atomic E-state index is 0.144.